The Balaban J connectivity index is 1.09. The summed E-state index contributed by atoms with van der Waals surface area (Å²) in [5.74, 6) is -0.0877. The molecular weight excluding hydrogens is 591 g/mol. The van der Waals surface area contributed by atoms with Crippen molar-refractivity contribution in [2.75, 3.05) is 30.4 Å². The molecule has 2 heterocycles. The molecule has 2 N–H and O–H groups in total. The Morgan fingerprint density at radius 2 is 1.77 bits per heavy atom. The highest BCUT2D eigenvalue weighted by molar-refractivity contribution is 6.33. The molecule has 3 amide bonds. The number of nitrogens with zero attached hydrogens (tertiary/aromatic N) is 3. The normalized spacial score (nSPS) is 16.9. The van der Waals surface area contributed by atoms with E-state index in [4.69, 9.17) is 11.6 Å². The number of pyridine rings is 1. The van der Waals surface area contributed by atoms with Crippen LogP contribution >= 0.6 is 11.6 Å². The Labute approximate surface area is 258 Å². The van der Waals surface area contributed by atoms with Gasteiger partial charge in [-0.15, -0.1) is 0 Å². The Morgan fingerprint density at radius 1 is 0.977 bits per heavy atom. The lowest BCUT2D eigenvalue weighted by molar-refractivity contribution is -0.137. The second-order valence-electron chi connectivity index (χ2n) is 11.3. The van der Waals surface area contributed by atoms with Gasteiger partial charge in [0.1, 0.15) is 0 Å². The van der Waals surface area contributed by atoms with Gasteiger partial charge in [-0.3, -0.25) is 9.78 Å². The zero-order valence-corrected chi connectivity index (χ0v) is 24.8. The first kappa shape index (κ1) is 29.7. The van der Waals surface area contributed by atoms with Gasteiger partial charge < -0.3 is 20.4 Å². The average molecular weight is 622 g/mol. The number of anilines is 2. The average Bonchev–Trinajstić information content (AvgIpc) is 3.42. The number of fused-ring (bicyclic) bond motifs is 2. The van der Waals surface area contributed by atoms with Gasteiger partial charge in [0.2, 0.25) is 0 Å². The highest BCUT2D eigenvalue weighted by atomic mass is 35.5. The molecule has 0 spiro atoms. The zero-order chi connectivity index (χ0) is 31.0. The van der Waals surface area contributed by atoms with E-state index >= 15 is 0 Å². The molecule has 44 heavy (non-hydrogen) atoms. The van der Waals surface area contributed by atoms with Gasteiger partial charge in [0.05, 0.1) is 22.3 Å². The van der Waals surface area contributed by atoms with E-state index in [2.05, 4.69) is 38.7 Å². The van der Waals surface area contributed by atoms with E-state index in [1.807, 2.05) is 42.4 Å². The van der Waals surface area contributed by atoms with Gasteiger partial charge >= 0.3 is 12.2 Å². The number of amides is 3. The molecule has 3 aromatic carbocycles. The molecule has 1 aromatic heterocycles. The van der Waals surface area contributed by atoms with Gasteiger partial charge in [0.15, 0.2) is 0 Å². The molecule has 0 saturated carbocycles. The zero-order valence-electron chi connectivity index (χ0n) is 24.0. The van der Waals surface area contributed by atoms with Crippen molar-refractivity contribution in [3.63, 3.8) is 0 Å². The molecule has 11 heteroatoms. The summed E-state index contributed by atoms with van der Waals surface area (Å²) in [5, 5.41) is 7.52. The third-order valence-electron chi connectivity index (χ3n) is 8.64. The van der Waals surface area contributed by atoms with Crippen molar-refractivity contribution in [1.82, 2.24) is 15.2 Å². The lowest BCUT2D eigenvalue weighted by Gasteiger charge is -2.38. The number of rotatable bonds is 5. The van der Waals surface area contributed by atoms with Crippen molar-refractivity contribution in [1.29, 1.82) is 0 Å². The minimum Gasteiger partial charge on any atom is -0.371 e. The summed E-state index contributed by atoms with van der Waals surface area (Å²) in [5.41, 5.74) is 2.50. The summed E-state index contributed by atoms with van der Waals surface area (Å²) in [6, 6.07) is 15.7. The monoisotopic (exact) mass is 621 g/mol. The van der Waals surface area contributed by atoms with Gasteiger partial charge in [-0.2, -0.15) is 13.2 Å². The number of aryl methyl sites for hydroxylation is 1. The van der Waals surface area contributed by atoms with Gasteiger partial charge in [-0.25, -0.2) is 4.79 Å². The van der Waals surface area contributed by atoms with E-state index in [1.165, 1.54) is 0 Å². The first-order valence-corrected chi connectivity index (χ1v) is 14.9. The maximum Gasteiger partial charge on any atom is 0.416 e. The Bertz CT molecular complexity index is 1720. The van der Waals surface area contributed by atoms with E-state index in [9.17, 15) is 22.8 Å². The predicted octanol–water partition coefficient (Wildman–Crippen LogP) is 7.46. The lowest BCUT2D eigenvalue weighted by atomic mass is 10.00. The fourth-order valence-corrected chi connectivity index (χ4v) is 6.31. The van der Waals surface area contributed by atoms with Crippen LogP contribution in [-0.4, -0.2) is 48.0 Å². The molecule has 1 unspecified atom stereocenters. The van der Waals surface area contributed by atoms with Crippen LogP contribution in [0.25, 0.3) is 10.8 Å². The number of hydrogen-bond donors (Lipinski definition) is 2. The number of benzene rings is 3. The number of alkyl halides is 3. The van der Waals surface area contributed by atoms with E-state index in [1.54, 1.807) is 6.20 Å². The number of carbonyl (C=O) groups excluding carboxylic acids is 2. The number of aromatic nitrogens is 1. The van der Waals surface area contributed by atoms with Crippen LogP contribution in [0.4, 0.5) is 29.3 Å². The second kappa shape index (κ2) is 12.0. The van der Waals surface area contributed by atoms with E-state index in [0.717, 1.165) is 71.7 Å². The smallest absolute Gasteiger partial charge is 0.371 e. The first-order chi connectivity index (χ1) is 21.1. The van der Waals surface area contributed by atoms with Crippen molar-refractivity contribution in [3.05, 3.63) is 100 Å². The minimum absolute atomic E-state index is 0.00320. The summed E-state index contributed by atoms with van der Waals surface area (Å²) in [7, 11) is 1.83. The lowest BCUT2D eigenvalue weighted by Crippen LogP contribution is -2.45. The van der Waals surface area contributed by atoms with Crippen LogP contribution in [0.3, 0.4) is 0 Å². The first-order valence-electron chi connectivity index (χ1n) is 14.5. The number of piperidine rings is 1. The van der Waals surface area contributed by atoms with E-state index in [0.29, 0.717) is 18.4 Å². The van der Waals surface area contributed by atoms with Gasteiger partial charge in [0.25, 0.3) is 5.91 Å². The maximum absolute atomic E-state index is 13.6. The Hall–Kier alpha value is -4.31. The highest BCUT2D eigenvalue weighted by Crippen LogP contribution is 2.35. The quantitative estimate of drug-likeness (QED) is 0.243. The van der Waals surface area contributed by atoms with Crippen LogP contribution in [0.5, 0.6) is 0 Å². The van der Waals surface area contributed by atoms with Crippen molar-refractivity contribution < 1.29 is 22.8 Å². The standard InChI is InChI=1S/C33H31ClF3N5O2/c1-41(25-11-14-42(15-12-25)26-7-4-23-19-38-13-10-21(23)16-26)31(43)22-3-2-20-5-9-29(27(20)17-22)39-32(44)40-30-18-24(33(35,36)37)6-8-28(30)34/h2-4,6-8,10,13,16-19,25,29H,5,9,11-12,14-15H2,1H3,(H2,39,40,44). The largest absolute Gasteiger partial charge is 0.416 e. The fourth-order valence-electron chi connectivity index (χ4n) is 6.15. The van der Waals surface area contributed by atoms with E-state index < -0.39 is 23.8 Å². The molecule has 1 fully saturated rings. The minimum atomic E-state index is -4.57. The van der Waals surface area contributed by atoms with Crippen LogP contribution in [0.15, 0.2) is 73.1 Å². The number of nitrogens with one attached hydrogen (secondary N) is 2. The van der Waals surface area contributed by atoms with Gasteiger partial charge in [-0.05, 0) is 90.7 Å². The van der Waals surface area contributed by atoms with Crippen LogP contribution < -0.4 is 15.5 Å². The molecule has 7 nitrogen and oxygen atoms in total. The van der Waals surface area contributed by atoms with Gasteiger partial charge in [-0.1, -0.05) is 23.7 Å². The Morgan fingerprint density at radius 3 is 2.55 bits per heavy atom. The maximum atomic E-state index is 13.6. The summed E-state index contributed by atoms with van der Waals surface area (Å²) in [6.45, 7) is 1.67. The molecule has 1 saturated heterocycles. The molecule has 4 aromatic rings. The molecule has 1 aliphatic heterocycles. The molecular formula is C33H31ClF3N5O2. The van der Waals surface area contributed by atoms with Crippen LogP contribution in [0.2, 0.25) is 5.02 Å². The van der Waals surface area contributed by atoms with Crippen molar-refractivity contribution in [2.45, 2.75) is 43.9 Å². The summed E-state index contributed by atoms with van der Waals surface area (Å²) in [4.78, 5) is 34.7. The van der Waals surface area contributed by atoms with Crippen molar-refractivity contribution in [3.8, 4) is 0 Å². The topological polar surface area (TPSA) is 77.6 Å². The van der Waals surface area contributed by atoms with Crippen LogP contribution in [0.1, 0.15) is 52.4 Å². The summed E-state index contributed by atoms with van der Waals surface area (Å²) < 4.78 is 39.4. The third-order valence-corrected chi connectivity index (χ3v) is 8.97. The SMILES string of the molecule is CN(C(=O)c1ccc2c(c1)C(NC(=O)Nc1cc(C(F)(F)F)ccc1Cl)CC2)C1CCN(c2ccc3cnccc3c2)CC1. The number of hydrogen-bond acceptors (Lipinski definition) is 4. The Kier molecular flexibility index (Phi) is 8.11. The molecule has 2 aliphatic rings. The summed E-state index contributed by atoms with van der Waals surface area (Å²) in [6.07, 6.45) is 2.07. The number of halogens is 4. The van der Waals surface area contributed by atoms with Crippen LogP contribution in [-0.2, 0) is 12.6 Å². The number of carbonyl (C=O) groups is 2. The molecule has 6 rings (SSSR count). The molecule has 228 valence electrons. The van der Waals surface area contributed by atoms with Crippen LogP contribution in [0, 0.1) is 0 Å². The third kappa shape index (κ3) is 6.17. The molecule has 0 radical (unpaired) electrons. The summed E-state index contributed by atoms with van der Waals surface area (Å²) >= 11 is 6.04. The molecule has 1 atom stereocenters. The highest BCUT2D eigenvalue weighted by Gasteiger charge is 2.32. The number of urea groups is 1. The van der Waals surface area contributed by atoms with Crippen molar-refractivity contribution >= 4 is 45.7 Å². The molecule has 0 bridgehead atoms. The van der Waals surface area contributed by atoms with Crippen molar-refractivity contribution in [2.24, 2.45) is 0 Å². The fraction of sp³-hybridized carbons (Fsp3) is 0.303. The van der Waals surface area contributed by atoms with E-state index in [-0.39, 0.29) is 22.7 Å². The second-order valence-corrected chi connectivity index (χ2v) is 11.7. The van der Waals surface area contributed by atoms with Gasteiger partial charge in [0, 0.05) is 55.2 Å². The predicted molar refractivity (Wildman–Crippen MR) is 165 cm³/mol. The molecule has 1 aliphatic carbocycles.